The number of unbranched alkanes of at least 4 members (excludes halogenated alkanes) is 2. The molecule has 2 bridgehead atoms. The maximum atomic E-state index is 10.6. The summed E-state index contributed by atoms with van der Waals surface area (Å²) in [7, 11) is 0. The van der Waals surface area contributed by atoms with E-state index in [4.69, 9.17) is 10.5 Å². The monoisotopic (exact) mass is 326 g/mol. The van der Waals surface area contributed by atoms with Gasteiger partial charge < -0.3 is 10.5 Å². The highest BCUT2D eigenvalue weighted by Crippen LogP contribution is 2.35. The normalized spacial score (nSPS) is 28.4. The van der Waals surface area contributed by atoms with E-state index < -0.39 is 0 Å². The zero-order valence-corrected chi connectivity index (χ0v) is 13.9. The quantitative estimate of drug-likeness (QED) is 0.602. The fourth-order valence-corrected chi connectivity index (χ4v) is 3.47. The molecular formula is C14H28Cl2N2O2. The van der Waals surface area contributed by atoms with E-state index in [-0.39, 0.29) is 30.8 Å². The highest BCUT2D eigenvalue weighted by Gasteiger charge is 2.38. The summed E-state index contributed by atoms with van der Waals surface area (Å²) in [6, 6.07) is 1.92. The minimum atomic E-state index is -0.168. The molecule has 2 N–H and O–H groups in total. The van der Waals surface area contributed by atoms with Crippen molar-refractivity contribution in [2.75, 3.05) is 13.2 Å². The summed E-state index contributed by atoms with van der Waals surface area (Å²) in [4.78, 5) is 13.3. The van der Waals surface area contributed by atoms with Crippen LogP contribution in [-0.4, -0.2) is 42.1 Å². The van der Waals surface area contributed by atoms with Crippen LogP contribution >= 0.6 is 24.8 Å². The molecule has 0 spiro atoms. The van der Waals surface area contributed by atoms with E-state index in [2.05, 4.69) is 4.90 Å². The number of carbonyl (C=O) groups is 1. The van der Waals surface area contributed by atoms with Gasteiger partial charge in [-0.25, -0.2) is 0 Å². The Kier molecular flexibility index (Phi) is 9.81. The smallest absolute Gasteiger partial charge is 0.302 e. The lowest BCUT2D eigenvalue weighted by molar-refractivity contribution is -0.141. The van der Waals surface area contributed by atoms with E-state index in [1.807, 2.05) is 0 Å². The van der Waals surface area contributed by atoms with Crippen molar-refractivity contribution in [3.63, 3.8) is 0 Å². The molecule has 6 heteroatoms. The van der Waals surface area contributed by atoms with Gasteiger partial charge in [0.05, 0.1) is 6.61 Å². The first-order valence-corrected chi connectivity index (χ1v) is 7.31. The molecule has 2 aliphatic rings. The van der Waals surface area contributed by atoms with Crippen molar-refractivity contribution in [1.29, 1.82) is 0 Å². The van der Waals surface area contributed by atoms with Crippen LogP contribution in [0.2, 0.25) is 0 Å². The first kappa shape index (κ1) is 20.0. The molecule has 0 aromatic carbocycles. The number of piperidine rings is 1. The van der Waals surface area contributed by atoms with E-state index in [1.165, 1.54) is 45.6 Å². The predicted octanol–water partition coefficient (Wildman–Crippen LogP) is 2.52. The van der Waals surface area contributed by atoms with Crippen molar-refractivity contribution in [1.82, 2.24) is 4.90 Å². The second-order valence-corrected chi connectivity index (χ2v) is 5.76. The lowest BCUT2D eigenvalue weighted by Gasteiger charge is -2.37. The Bertz CT molecular complexity index is 278. The molecule has 0 aliphatic carbocycles. The zero-order chi connectivity index (χ0) is 13.0. The van der Waals surface area contributed by atoms with Gasteiger partial charge >= 0.3 is 5.97 Å². The van der Waals surface area contributed by atoms with Crippen LogP contribution in [0, 0.1) is 0 Å². The summed E-state index contributed by atoms with van der Waals surface area (Å²) in [6.45, 7) is 3.24. The molecule has 4 nitrogen and oxygen atoms in total. The van der Waals surface area contributed by atoms with Crippen LogP contribution in [0.4, 0.5) is 0 Å². The Labute approximate surface area is 134 Å². The van der Waals surface area contributed by atoms with Crippen LogP contribution in [0.3, 0.4) is 0 Å². The van der Waals surface area contributed by atoms with Gasteiger partial charge in [0.25, 0.3) is 0 Å². The molecule has 2 fully saturated rings. The molecule has 0 radical (unpaired) electrons. The van der Waals surface area contributed by atoms with Crippen molar-refractivity contribution in [2.45, 2.75) is 70.0 Å². The molecule has 2 saturated heterocycles. The number of fused-ring (bicyclic) bond motifs is 2. The summed E-state index contributed by atoms with van der Waals surface area (Å²) < 4.78 is 4.93. The first-order valence-electron chi connectivity index (χ1n) is 7.31. The van der Waals surface area contributed by atoms with Gasteiger partial charge in [0.1, 0.15) is 0 Å². The van der Waals surface area contributed by atoms with E-state index >= 15 is 0 Å². The second kappa shape index (κ2) is 9.82. The number of hydrogen-bond donors (Lipinski definition) is 1. The molecule has 0 aromatic heterocycles. The van der Waals surface area contributed by atoms with Crippen molar-refractivity contribution in [3.8, 4) is 0 Å². The van der Waals surface area contributed by atoms with Gasteiger partial charge in [-0.1, -0.05) is 0 Å². The van der Waals surface area contributed by atoms with Crippen LogP contribution in [0.25, 0.3) is 0 Å². The third-order valence-corrected chi connectivity index (χ3v) is 4.29. The number of esters is 1. The molecule has 120 valence electrons. The van der Waals surface area contributed by atoms with Gasteiger partial charge in [-0.3, -0.25) is 9.69 Å². The molecule has 0 saturated carbocycles. The predicted molar refractivity (Wildman–Crippen MR) is 85.7 cm³/mol. The fourth-order valence-electron chi connectivity index (χ4n) is 3.47. The van der Waals surface area contributed by atoms with Crippen molar-refractivity contribution < 1.29 is 9.53 Å². The Morgan fingerprint density at radius 3 is 2.30 bits per heavy atom. The average Bonchev–Trinajstić information content (AvgIpc) is 2.56. The first-order chi connectivity index (χ1) is 8.66. The Morgan fingerprint density at radius 2 is 1.75 bits per heavy atom. The molecule has 0 aromatic rings. The largest absolute Gasteiger partial charge is 0.466 e. The van der Waals surface area contributed by atoms with Crippen LogP contribution < -0.4 is 5.73 Å². The number of hydrogen-bond acceptors (Lipinski definition) is 4. The van der Waals surface area contributed by atoms with E-state index in [0.29, 0.717) is 12.6 Å². The van der Waals surface area contributed by atoms with Crippen molar-refractivity contribution >= 4 is 30.8 Å². The zero-order valence-electron chi connectivity index (χ0n) is 12.3. The molecule has 2 unspecified atom stereocenters. The number of nitrogens with zero attached hydrogens (tertiary/aromatic N) is 1. The summed E-state index contributed by atoms with van der Waals surface area (Å²) in [5.41, 5.74) is 6.07. The molecule has 2 aliphatic heterocycles. The molecule has 0 amide bonds. The number of ether oxygens (including phenoxy) is 1. The van der Waals surface area contributed by atoms with Gasteiger partial charge in [-0.05, 0) is 51.5 Å². The highest BCUT2D eigenvalue weighted by molar-refractivity contribution is 5.85. The van der Waals surface area contributed by atoms with Gasteiger partial charge in [-0.2, -0.15) is 0 Å². The Balaban J connectivity index is 0.00000180. The van der Waals surface area contributed by atoms with Gasteiger partial charge in [0.2, 0.25) is 0 Å². The number of halogens is 2. The van der Waals surface area contributed by atoms with Gasteiger partial charge in [-0.15, -0.1) is 24.8 Å². The van der Waals surface area contributed by atoms with Gasteiger partial charge in [0, 0.05) is 25.0 Å². The number of carbonyl (C=O) groups excluding carboxylic acids is 1. The van der Waals surface area contributed by atoms with E-state index in [0.717, 1.165) is 24.9 Å². The SMILES string of the molecule is CC(=O)OCCCCCN1C2CCC1CC(N)C2.Cl.Cl. The standard InChI is InChI=1S/C14H26N2O2.2ClH/c1-11(17)18-8-4-2-3-7-16-13-5-6-14(16)10-12(15)9-13;;/h12-14H,2-10,15H2,1H3;2*1H. The summed E-state index contributed by atoms with van der Waals surface area (Å²) in [5, 5.41) is 0. The molecular weight excluding hydrogens is 299 g/mol. The number of nitrogens with two attached hydrogens (primary N) is 1. The number of rotatable bonds is 6. The van der Waals surface area contributed by atoms with E-state index in [1.54, 1.807) is 0 Å². The molecule has 20 heavy (non-hydrogen) atoms. The lowest BCUT2D eigenvalue weighted by Crippen LogP contribution is -2.47. The third kappa shape index (κ3) is 5.76. The fraction of sp³-hybridized carbons (Fsp3) is 0.929. The van der Waals surface area contributed by atoms with Gasteiger partial charge in [0.15, 0.2) is 0 Å². The summed E-state index contributed by atoms with van der Waals surface area (Å²) >= 11 is 0. The van der Waals surface area contributed by atoms with Crippen molar-refractivity contribution in [3.05, 3.63) is 0 Å². The minimum Gasteiger partial charge on any atom is -0.466 e. The third-order valence-electron chi connectivity index (χ3n) is 4.29. The maximum absolute atomic E-state index is 10.6. The molecule has 2 atom stereocenters. The minimum absolute atomic E-state index is 0. The van der Waals surface area contributed by atoms with E-state index in [9.17, 15) is 4.79 Å². The summed E-state index contributed by atoms with van der Waals surface area (Å²) in [6.07, 6.45) is 8.40. The second-order valence-electron chi connectivity index (χ2n) is 5.76. The summed E-state index contributed by atoms with van der Waals surface area (Å²) in [5.74, 6) is -0.168. The maximum Gasteiger partial charge on any atom is 0.302 e. The molecule has 2 rings (SSSR count). The lowest BCUT2D eigenvalue weighted by atomic mass is 9.98. The molecule has 2 heterocycles. The van der Waals surface area contributed by atoms with Crippen molar-refractivity contribution in [2.24, 2.45) is 5.73 Å². The van der Waals surface area contributed by atoms with Crippen LogP contribution in [-0.2, 0) is 9.53 Å². The topological polar surface area (TPSA) is 55.6 Å². The Hall–Kier alpha value is -0.0300. The average molecular weight is 327 g/mol. The van der Waals surface area contributed by atoms with Crippen LogP contribution in [0.5, 0.6) is 0 Å². The highest BCUT2D eigenvalue weighted by atomic mass is 35.5. The van der Waals surface area contributed by atoms with Crippen LogP contribution in [0.15, 0.2) is 0 Å². The van der Waals surface area contributed by atoms with Crippen LogP contribution in [0.1, 0.15) is 51.9 Å². The Morgan fingerprint density at radius 1 is 1.15 bits per heavy atom.